The van der Waals surface area contributed by atoms with E-state index in [0.29, 0.717) is 0 Å². The van der Waals surface area contributed by atoms with Crippen molar-refractivity contribution in [1.82, 2.24) is 0 Å². The van der Waals surface area contributed by atoms with Gasteiger partial charge in [-0.3, -0.25) is 0 Å². The van der Waals surface area contributed by atoms with Crippen LogP contribution in [0.2, 0.25) is 5.31 Å². The van der Waals surface area contributed by atoms with Crippen molar-refractivity contribution < 1.29 is 14.0 Å². The first-order chi connectivity index (χ1) is 8.18. The van der Waals surface area contributed by atoms with Gasteiger partial charge < -0.3 is 14.0 Å². The first-order valence-corrected chi connectivity index (χ1v) is 7.18. The molecule has 0 aromatic heterocycles. The summed E-state index contributed by atoms with van der Waals surface area (Å²) in [7, 11) is -0.104. The van der Waals surface area contributed by atoms with Gasteiger partial charge in [-0.05, 0) is 60.3 Å². The monoisotopic (exact) mass is 252 g/mol. The summed E-state index contributed by atoms with van der Waals surface area (Å²) in [4.78, 5) is 0. The van der Waals surface area contributed by atoms with Crippen LogP contribution >= 0.6 is 0 Å². The summed E-state index contributed by atoms with van der Waals surface area (Å²) in [6.07, 6.45) is 4.61. The molecule has 1 aliphatic carbocycles. The van der Waals surface area contributed by atoms with E-state index in [1.54, 1.807) is 0 Å². The highest BCUT2D eigenvalue weighted by molar-refractivity contribution is 6.50. The average molecular weight is 252 g/mol. The summed E-state index contributed by atoms with van der Waals surface area (Å²) in [6.45, 7) is 11.5. The molecular weight excluding hydrogens is 227 g/mol. The molecule has 18 heavy (non-hydrogen) atoms. The van der Waals surface area contributed by atoms with Crippen molar-refractivity contribution in [3.8, 4) is 0 Å². The summed E-state index contributed by atoms with van der Waals surface area (Å²) in [5, 5.41) is 0.0861. The van der Waals surface area contributed by atoms with Gasteiger partial charge in [0.2, 0.25) is 0 Å². The minimum atomic E-state index is -0.232. The smallest absolute Gasteiger partial charge is 0.403 e. The summed E-state index contributed by atoms with van der Waals surface area (Å²) in [6, 6.07) is 0. The zero-order valence-corrected chi connectivity index (χ0v) is 12.3. The van der Waals surface area contributed by atoms with Gasteiger partial charge in [0.25, 0.3) is 0 Å². The van der Waals surface area contributed by atoms with Gasteiger partial charge in [-0.25, -0.2) is 0 Å². The zero-order valence-electron chi connectivity index (χ0n) is 12.3. The molecule has 102 valence electrons. The van der Waals surface area contributed by atoms with Gasteiger partial charge in [0.05, 0.1) is 23.4 Å². The molecule has 4 heteroatoms. The Labute approximate surface area is 111 Å². The summed E-state index contributed by atoms with van der Waals surface area (Å²) >= 11 is 0. The molecule has 3 aliphatic heterocycles. The van der Waals surface area contributed by atoms with Crippen LogP contribution in [0.4, 0.5) is 0 Å². The molecule has 0 spiro atoms. The molecular formula is C14H25BO3. The van der Waals surface area contributed by atoms with E-state index in [1.807, 2.05) is 0 Å². The summed E-state index contributed by atoms with van der Waals surface area (Å²) < 4.78 is 18.6. The lowest BCUT2D eigenvalue weighted by Gasteiger charge is -2.52. The Kier molecular flexibility index (Phi) is 2.54. The molecule has 3 nitrogen and oxygen atoms in total. The Balaban J connectivity index is 1.81. The van der Waals surface area contributed by atoms with Crippen LogP contribution in [-0.4, -0.2) is 30.5 Å². The van der Waals surface area contributed by atoms with E-state index in [0.717, 1.165) is 19.4 Å². The maximum atomic E-state index is 6.25. The van der Waals surface area contributed by atoms with Crippen molar-refractivity contribution in [3.05, 3.63) is 0 Å². The standard InChI is InChI=1S/C14H25BO3/c1-11(2)12(3,4)18-15(17-11)14-8-6-13(5,7-9-14)16-10-14/h6-10H2,1-5H3. The Morgan fingerprint density at radius 2 is 1.28 bits per heavy atom. The summed E-state index contributed by atoms with van der Waals surface area (Å²) in [5.74, 6) is 0. The van der Waals surface area contributed by atoms with E-state index >= 15 is 0 Å². The first kappa shape index (κ1) is 13.0. The number of rotatable bonds is 1. The van der Waals surface area contributed by atoms with Crippen LogP contribution in [0.3, 0.4) is 0 Å². The van der Waals surface area contributed by atoms with Gasteiger partial charge in [-0.2, -0.15) is 0 Å². The van der Waals surface area contributed by atoms with Crippen LogP contribution in [-0.2, 0) is 14.0 Å². The van der Waals surface area contributed by atoms with Crippen molar-refractivity contribution in [2.45, 2.75) is 82.4 Å². The molecule has 0 aromatic rings. The second-order valence-electron chi connectivity index (χ2n) is 7.69. The fourth-order valence-corrected chi connectivity index (χ4v) is 3.28. The Hall–Kier alpha value is -0.0551. The maximum Gasteiger partial charge on any atom is 0.466 e. The van der Waals surface area contributed by atoms with Crippen LogP contribution in [0.15, 0.2) is 0 Å². The van der Waals surface area contributed by atoms with Crippen LogP contribution in [0.1, 0.15) is 60.3 Å². The van der Waals surface area contributed by atoms with Gasteiger partial charge in [0.1, 0.15) is 0 Å². The molecule has 2 bridgehead atoms. The fourth-order valence-electron chi connectivity index (χ4n) is 3.28. The molecule has 0 amide bonds. The zero-order chi connectivity index (χ0) is 13.2. The van der Waals surface area contributed by atoms with Gasteiger partial charge >= 0.3 is 7.12 Å². The normalized spacial score (nSPS) is 45.5. The second-order valence-corrected chi connectivity index (χ2v) is 7.69. The predicted octanol–water partition coefficient (Wildman–Crippen LogP) is 3.18. The highest BCUT2D eigenvalue weighted by atomic mass is 16.7. The molecule has 0 N–H and O–H groups in total. The molecule has 1 saturated carbocycles. The third-order valence-electron chi connectivity index (χ3n) is 5.76. The average Bonchev–Trinajstić information content (AvgIpc) is 2.50. The number of hydrogen-bond donors (Lipinski definition) is 0. The quantitative estimate of drug-likeness (QED) is 0.671. The lowest BCUT2D eigenvalue weighted by molar-refractivity contribution is -0.133. The fraction of sp³-hybridized carbons (Fsp3) is 1.00. The van der Waals surface area contributed by atoms with Crippen molar-refractivity contribution in [2.24, 2.45) is 0 Å². The molecule has 4 fully saturated rings. The highest BCUT2D eigenvalue weighted by Crippen LogP contribution is 2.58. The van der Waals surface area contributed by atoms with E-state index < -0.39 is 0 Å². The molecule has 4 rings (SSSR count). The van der Waals surface area contributed by atoms with Crippen LogP contribution in [0.5, 0.6) is 0 Å². The van der Waals surface area contributed by atoms with Crippen LogP contribution < -0.4 is 0 Å². The Bertz CT molecular complexity index is 324. The van der Waals surface area contributed by atoms with Crippen LogP contribution in [0.25, 0.3) is 0 Å². The van der Waals surface area contributed by atoms with Gasteiger partial charge in [0, 0.05) is 5.31 Å². The summed E-state index contributed by atoms with van der Waals surface area (Å²) in [5.41, 5.74) is -0.347. The number of fused-ring (bicyclic) bond motifs is 3. The van der Waals surface area contributed by atoms with Crippen molar-refractivity contribution in [2.75, 3.05) is 6.61 Å². The maximum absolute atomic E-state index is 6.25. The molecule has 0 aromatic carbocycles. The van der Waals surface area contributed by atoms with Gasteiger partial charge in [0.15, 0.2) is 0 Å². The largest absolute Gasteiger partial charge is 0.466 e. The van der Waals surface area contributed by atoms with E-state index in [9.17, 15) is 0 Å². The molecule has 0 radical (unpaired) electrons. The van der Waals surface area contributed by atoms with Crippen molar-refractivity contribution in [1.29, 1.82) is 0 Å². The minimum absolute atomic E-state index is 0.0861. The van der Waals surface area contributed by atoms with Gasteiger partial charge in [-0.15, -0.1) is 0 Å². The third-order valence-corrected chi connectivity index (χ3v) is 5.76. The molecule has 0 atom stereocenters. The minimum Gasteiger partial charge on any atom is -0.403 e. The molecule has 3 heterocycles. The van der Waals surface area contributed by atoms with Crippen molar-refractivity contribution >= 4 is 7.12 Å². The van der Waals surface area contributed by atoms with E-state index in [1.165, 1.54) is 12.8 Å². The Morgan fingerprint density at radius 3 is 1.67 bits per heavy atom. The topological polar surface area (TPSA) is 27.7 Å². The lowest BCUT2D eigenvalue weighted by Crippen LogP contribution is -2.52. The third kappa shape index (κ3) is 1.69. The number of hydrogen-bond acceptors (Lipinski definition) is 3. The van der Waals surface area contributed by atoms with Gasteiger partial charge in [-0.1, -0.05) is 0 Å². The van der Waals surface area contributed by atoms with E-state index in [-0.39, 0.29) is 29.2 Å². The predicted molar refractivity (Wildman–Crippen MR) is 71.6 cm³/mol. The SMILES string of the molecule is CC12CCC(B3OC(C)(C)C(C)(C)O3)(CC1)CO2. The molecule has 4 aliphatic rings. The highest BCUT2D eigenvalue weighted by Gasteiger charge is 2.63. The van der Waals surface area contributed by atoms with Crippen LogP contribution in [0, 0.1) is 0 Å². The second kappa shape index (κ2) is 3.53. The molecule has 3 saturated heterocycles. The number of ether oxygens (including phenoxy) is 1. The van der Waals surface area contributed by atoms with E-state index in [2.05, 4.69) is 34.6 Å². The van der Waals surface area contributed by atoms with Crippen molar-refractivity contribution in [3.63, 3.8) is 0 Å². The Morgan fingerprint density at radius 1 is 0.778 bits per heavy atom. The molecule has 0 unspecified atom stereocenters. The lowest BCUT2D eigenvalue weighted by atomic mass is 9.48. The first-order valence-electron chi connectivity index (χ1n) is 7.18. The van der Waals surface area contributed by atoms with E-state index in [4.69, 9.17) is 14.0 Å².